The van der Waals surface area contributed by atoms with Crippen molar-refractivity contribution in [2.24, 2.45) is 4.99 Å². The number of carbonyl (C=O) groups excluding carboxylic acids is 3. The molecule has 36 heavy (non-hydrogen) atoms. The zero-order valence-corrected chi connectivity index (χ0v) is 21.1. The van der Waals surface area contributed by atoms with Crippen LogP contribution >= 0.6 is 23.4 Å². The van der Waals surface area contributed by atoms with Gasteiger partial charge in [0, 0.05) is 17.1 Å². The topological polar surface area (TPSA) is 88.1 Å². The number of thioether (sulfide) groups is 1. The quantitative estimate of drug-likeness (QED) is 0.404. The van der Waals surface area contributed by atoms with Crippen LogP contribution in [-0.2, 0) is 20.9 Å². The summed E-state index contributed by atoms with van der Waals surface area (Å²) in [6.07, 6.45) is 0.0394. The van der Waals surface area contributed by atoms with Gasteiger partial charge in [-0.2, -0.15) is 0 Å². The predicted molar refractivity (Wildman–Crippen MR) is 143 cm³/mol. The van der Waals surface area contributed by atoms with E-state index in [4.69, 9.17) is 16.3 Å². The number of amidine groups is 1. The van der Waals surface area contributed by atoms with Crippen LogP contribution in [0.25, 0.3) is 0 Å². The fourth-order valence-electron chi connectivity index (χ4n) is 3.51. The van der Waals surface area contributed by atoms with Crippen LogP contribution < -0.4 is 5.32 Å². The highest BCUT2D eigenvalue weighted by atomic mass is 35.5. The summed E-state index contributed by atoms with van der Waals surface area (Å²) in [4.78, 5) is 44.4. The summed E-state index contributed by atoms with van der Waals surface area (Å²) in [6, 6.07) is 22.9. The normalized spacial score (nSPS) is 16.6. The van der Waals surface area contributed by atoms with Crippen molar-refractivity contribution in [2.45, 2.75) is 25.1 Å². The number of carbonyl (C=O) groups is 3. The molecule has 9 heteroatoms. The van der Waals surface area contributed by atoms with E-state index in [0.717, 1.165) is 5.56 Å². The molecular formula is C27H24ClN3O4S. The molecule has 0 unspecified atom stereocenters. The van der Waals surface area contributed by atoms with E-state index in [2.05, 4.69) is 10.3 Å². The van der Waals surface area contributed by atoms with Crippen molar-refractivity contribution in [3.05, 3.63) is 95.0 Å². The maximum absolute atomic E-state index is 13.2. The van der Waals surface area contributed by atoms with Gasteiger partial charge in [-0.05, 0) is 61.0 Å². The molecule has 1 heterocycles. The number of amides is 2. The van der Waals surface area contributed by atoms with Gasteiger partial charge in [0.25, 0.3) is 0 Å². The minimum Gasteiger partial charge on any atom is -0.462 e. The first-order chi connectivity index (χ1) is 17.4. The van der Waals surface area contributed by atoms with Crippen LogP contribution in [0, 0.1) is 0 Å². The average molecular weight is 522 g/mol. The monoisotopic (exact) mass is 521 g/mol. The molecular weight excluding hydrogens is 498 g/mol. The minimum absolute atomic E-state index is 0.0394. The van der Waals surface area contributed by atoms with Crippen LogP contribution in [0.5, 0.6) is 0 Å². The third-order valence-electron chi connectivity index (χ3n) is 5.33. The Labute approximate surface area is 218 Å². The van der Waals surface area contributed by atoms with Crippen molar-refractivity contribution in [1.29, 1.82) is 0 Å². The van der Waals surface area contributed by atoms with Gasteiger partial charge in [0.05, 0.1) is 24.4 Å². The molecule has 0 saturated carbocycles. The van der Waals surface area contributed by atoms with Crippen LogP contribution in [-0.4, -0.2) is 39.7 Å². The zero-order chi connectivity index (χ0) is 25.5. The fraction of sp³-hybridized carbons (Fsp3) is 0.185. The number of esters is 1. The number of ether oxygens (including phenoxy) is 1. The largest absolute Gasteiger partial charge is 0.462 e. The Kier molecular flexibility index (Phi) is 8.40. The molecule has 0 aliphatic carbocycles. The summed E-state index contributed by atoms with van der Waals surface area (Å²) in [5.74, 6) is -0.893. The molecule has 2 amide bonds. The molecule has 0 spiro atoms. The lowest BCUT2D eigenvalue weighted by molar-refractivity contribution is -0.129. The number of anilines is 1. The van der Waals surface area contributed by atoms with Crippen LogP contribution in [0.15, 0.2) is 83.9 Å². The van der Waals surface area contributed by atoms with Gasteiger partial charge in [0.2, 0.25) is 11.8 Å². The number of hydrogen-bond donors (Lipinski definition) is 1. The number of nitrogens with one attached hydrogen (secondary N) is 1. The molecule has 1 saturated heterocycles. The third-order valence-corrected chi connectivity index (χ3v) is 6.77. The Morgan fingerprint density at radius 3 is 2.42 bits per heavy atom. The summed E-state index contributed by atoms with van der Waals surface area (Å²) in [6.45, 7) is 2.32. The first kappa shape index (κ1) is 25.5. The van der Waals surface area contributed by atoms with Crippen LogP contribution in [0.3, 0.4) is 0 Å². The van der Waals surface area contributed by atoms with Gasteiger partial charge in [0.1, 0.15) is 5.25 Å². The van der Waals surface area contributed by atoms with Crippen LogP contribution in [0.1, 0.15) is 29.3 Å². The van der Waals surface area contributed by atoms with Gasteiger partial charge in [0.15, 0.2) is 5.17 Å². The number of benzene rings is 3. The molecule has 0 bridgehead atoms. The smallest absolute Gasteiger partial charge is 0.338 e. The maximum atomic E-state index is 13.2. The van der Waals surface area contributed by atoms with Gasteiger partial charge >= 0.3 is 5.97 Å². The van der Waals surface area contributed by atoms with Crippen molar-refractivity contribution in [3.8, 4) is 0 Å². The van der Waals surface area contributed by atoms with Gasteiger partial charge in [-0.15, -0.1) is 0 Å². The summed E-state index contributed by atoms with van der Waals surface area (Å²) in [5.41, 5.74) is 2.49. The third kappa shape index (κ3) is 6.53. The number of rotatable bonds is 7. The van der Waals surface area contributed by atoms with Crippen molar-refractivity contribution in [1.82, 2.24) is 4.90 Å². The Morgan fingerprint density at radius 2 is 1.75 bits per heavy atom. The number of para-hydroxylation sites is 1. The molecule has 4 rings (SSSR count). The van der Waals surface area contributed by atoms with E-state index in [1.165, 1.54) is 11.8 Å². The maximum Gasteiger partial charge on any atom is 0.338 e. The van der Waals surface area contributed by atoms with E-state index < -0.39 is 11.2 Å². The first-order valence-corrected chi connectivity index (χ1v) is 12.6. The van der Waals surface area contributed by atoms with E-state index in [0.29, 0.717) is 27.1 Å². The molecule has 1 N–H and O–H groups in total. The van der Waals surface area contributed by atoms with Gasteiger partial charge in [-0.3, -0.25) is 14.5 Å². The summed E-state index contributed by atoms with van der Waals surface area (Å²) >= 11 is 7.24. The van der Waals surface area contributed by atoms with Crippen molar-refractivity contribution in [2.75, 3.05) is 11.9 Å². The van der Waals surface area contributed by atoms with E-state index >= 15 is 0 Å². The van der Waals surface area contributed by atoms with Crippen molar-refractivity contribution >= 4 is 57.7 Å². The Hall–Kier alpha value is -3.62. The van der Waals surface area contributed by atoms with E-state index in [9.17, 15) is 14.4 Å². The average Bonchev–Trinajstić information content (AvgIpc) is 2.88. The molecule has 184 valence electrons. The van der Waals surface area contributed by atoms with Crippen LogP contribution in [0.4, 0.5) is 11.4 Å². The Balaban J connectivity index is 1.60. The highest BCUT2D eigenvalue weighted by Crippen LogP contribution is 2.31. The Morgan fingerprint density at radius 1 is 1.06 bits per heavy atom. The molecule has 3 aromatic rings. The molecule has 0 aromatic heterocycles. The van der Waals surface area contributed by atoms with Gasteiger partial charge in [-0.25, -0.2) is 9.79 Å². The Bertz CT molecular complexity index is 1260. The minimum atomic E-state index is -0.642. The zero-order valence-electron chi connectivity index (χ0n) is 19.5. The number of aliphatic imine (C=N–C) groups is 1. The molecule has 1 atom stereocenters. The molecule has 1 aliphatic rings. The van der Waals surface area contributed by atoms with Crippen molar-refractivity contribution < 1.29 is 19.1 Å². The second-order valence-electron chi connectivity index (χ2n) is 7.93. The fourth-order valence-corrected chi connectivity index (χ4v) is 4.73. The first-order valence-electron chi connectivity index (χ1n) is 11.4. The molecule has 0 radical (unpaired) electrons. The SMILES string of the molecule is CCOC(=O)c1ccc(N=C2S[C@H](C(=O)Nc3ccccc3)CC(=O)N2Cc2ccc(Cl)cc2)cc1. The highest BCUT2D eigenvalue weighted by Gasteiger charge is 2.36. The van der Waals surface area contributed by atoms with Gasteiger partial charge < -0.3 is 10.1 Å². The summed E-state index contributed by atoms with van der Waals surface area (Å²) in [5, 5.41) is 3.23. The molecule has 1 fully saturated rings. The van der Waals surface area contributed by atoms with E-state index in [-0.39, 0.29) is 31.4 Å². The van der Waals surface area contributed by atoms with E-state index in [1.807, 2.05) is 30.3 Å². The molecule has 3 aromatic carbocycles. The van der Waals surface area contributed by atoms with Gasteiger partial charge in [-0.1, -0.05) is 53.7 Å². The number of hydrogen-bond acceptors (Lipinski definition) is 6. The standard InChI is InChI=1S/C27H24ClN3O4S/c1-2-35-26(34)19-10-14-22(15-11-19)30-27-31(17-18-8-12-20(28)13-9-18)24(32)16-23(36-27)25(33)29-21-6-4-3-5-7-21/h3-15,23H,2,16-17H2,1H3,(H,29,33)/t23-/m0/s1. The second kappa shape index (κ2) is 11.9. The summed E-state index contributed by atoms with van der Waals surface area (Å²) < 4.78 is 5.03. The number of nitrogens with zero attached hydrogens (tertiary/aromatic N) is 2. The van der Waals surface area contributed by atoms with Crippen molar-refractivity contribution in [3.63, 3.8) is 0 Å². The lowest BCUT2D eigenvalue weighted by atomic mass is 10.2. The predicted octanol–water partition coefficient (Wildman–Crippen LogP) is 5.68. The summed E-state index contributed by atoms with van der Waals surface area (Å²) in [7, 11) is 0. The van der Waals surface area contributed by atoms with E-state index in [1.54, 1.807) is 60.4 Å². The molecule has 1 aliphatic heterocycles. The second-order valence-corrected chi connectivity index (χ2v) is 9.54. The number of halogens is 1. The molecule has 7 nitrogen and oxygen atoms in total. The highest BCUT2D eigenvalue weighted by molar-refractivity contribution is 8.15. The lowest BCUT2D eigenvalue weighted by Crippen LogP contribution is -2.44. The van der Waals surface area contributed by atoms with Crippen LogP contribution in [0.2, 0.25) is 5.02 Å². The lowest BCUT2D eigenvalue weighted by Gasteiger charge is -2.32.